The van der Waals surface area contributed by atoms with Crippen LogP contribution in [-0.2, 0) is 6.42 Å². The molecule has 1 heterocycles. The van der Waals surface area contributed by atoms with Gasteiger partial charge in [-0.15, -0.1) is 0 Å². The lowest BCUT2D eigenvalue weighted by Gasteiger charge is -2.27. The highest BCUT2D eigenvalue weighted by Gasteiger charge is 2.35. The molecule has 126 valence electrons. The summed E-state index contributed by atoms with van der Waals surface area (Å²) in [5, 5.41) is 19.5. The van der Waals surface area contributed by atoms with Crippen molar-refractivity contribution < 1.29 is 29.2 Å². The molecule has 1 atom stereocenters. The summed E-state index contributed by atoms with van der Waals surface area (Å²) < 4.78 is 16.1. The number of ketones is 1. The second-order valence-electron chi connectivity index (χ2n) is 5.58. The van der Waals surface area contributed by atoms with Crippen LogP contribution in [0.3, 0.4) is 0 Å². The van der Waals surface area contributed by atoms with E-state index in [2.05, 4.69) is 0 Å². The number of methoxy groups -OCH3 is 2. The van der Waals surface area contributed by atoms with E-state index in [-0.39, 0.29) is 35.2 Å². The third-order valence-electron chi connectivity index (χ3n) is 4.07. The molecule has 0 unspecified atom stereocenters. The highest BCUT2D eigenvalue weighted by Crippen LogP contribution is 2.47. The maximum Gasteiger partial charge on any atom is 0.204 e. The zero-order chi connectivity index (χ0) is 17.3. The van der Waals surface area contributed by atoms with Crippen molar-refractivity contribution in [2.75, 3.05) is 20.8 Å². The van der Waals surface area contributed by atoms with Crippen LogP contribution in [0.15, 0.2) is 30.3 Å². The Morgan fingerprint density at radius 2 is 1.88 bits per heavy atom. The number of aromatic hydroxyl groups is 2. The first kappa shape index (κ1) is 16.0. The Morgan fingerprint density at radius 3 is 2.50 bits per heavy atom. The first-order valence-electron chi connectivity index (χ1n) is 7.48. The summed E-state index contributed by atoms with van der Waals surface area (Å²) in [5.41, 5.74) is 1.01. The number of carbonyl (C=O) groups excluding carboxylic acids is 1. The van der Waals surface area contributed by atoms with Crippen LogP contribution in [0, 0.1) is 5.92 Å². The van der Waals surface area contributed by atoms with E-state index < -0.39 is 5.92 Å². The van der Waals surface area contributed by atoms with E-state index in [1.165, 1.54) is 20.3 Å². The van der Waals surface area contributed by atoms with Crippen molar-refractivity contribution in [2.45, 2.75) is 6.42 Å². The van der Waals surface area contributed by atoms with Gasteiger partial charge in [0.1, 0.15) is 17.1 Å². The van der Waals surface area contributed by atoms with Crippen molar-refractivity contribution in [1.29, 1.82) is 0 Å². The molecule has 0 amide bonds. The summed E-state index contributed by atoms with van der Waals surface area (Å²) in [6.07, 6.45) is 0.451. The van der Waals surface area contributed by atoms with E-state index in [1.54, 1.807) is 24.3 Å². The number of Topliss-reactive ketones (excluding diaryl/α,β-unsaturated/α-hetero) is 1. The van der Waals surface area contributed by atoms with Gasteiger partial charge in [0.15, 0.2) is 17.3 Å². The lowest BCUT2D eigenvalue weighted by Crippen LogP contribution is -2.30. The van der Waals surface area contributed by atoms with Gasteiger partial charge in [0.2, 0.25) is 5.75 Å². The monoisotopic (exact) mass is 330 g/mol. The van der Waals surface area contributed by atoms with E-state index in [0.717, 1.165) is 5.56 Å². The summed E-state index contributed by atoms with van der Waals surface area (Å²) in [4.78, 5) is 12.8. The van der Waals surface area contributed by atoms with Crippen LogP contribution in [0.2, 0.25) is 0 Å². The maximum absolute atomic E-state index is 12.8. The molecule has 1 aliphatic rings. The largest absolute Gasteiger partial charge is 0.508 e. The summed E-state index contributed by atoms with van der Waals surface area (Å²) in [6, 6.07) is 8.01. The molecule has 0 bridgehead atoms. The van der Waals surface area contributed by atoms with Crippen molar-refractivity contribution in [2.24, 2.45) is 5.92 Å². The molecule has 2 aromatic carbocycles. The minimum Gasteiger partial charge on any atom is -0.508 e. The van der Waals surface area contributed by atoms with Crippen molar-refractivity contribution in [3.05, 3.63) is 41.5 Å². The normalized spacial score (nSPS) is 16.2. The van der Waals surface area contributed by atoms with Gasteiger partial charge in [-0.3, -0.25) is 4.79 Å². The zero-order valence-electron chi connectivity index (χ0n) is 13.4. The van der Waals surface area contributed by atoms with E-state index in [4.69, 9.17) is 14.2 Å². The fourth-order valence-electron chi connectivity index (χ4n) is 2.86. The Labute approximate surface area is 139 Å². The average Bonchev–Trinajstić information content (AvgIpc) is 2.58. The highest BCUT2D eigenvalue weighted by atomic mass is 16.5. The van der Waals surface area contributed by atoms with Crippen LogP contribution in [0.5, 0.6) is 28.7 Å². The highest BCUT2D eigenvalue weighted by molar-refractivity contribution is 6.05. The molecule has 0 saturated carbocycles. The van der Waals surface area contributed by atoms with Crippen molar-refractivity contribution >= 4 is 5.78 Å². The van der Waals surface area contributed by atoms with Gasteiger partial charge in [-0.25, -0.2) is 0 Å². The van der Waals surface area contributed by atoms with Crippen molar-refractivity contribution in [1.82, 2.24) is 0 Å². The molecular weight excluding hydrogens is 312 g/mol. The second kappa shape index (κ2) is 6.31. The number of phenols is 2. The lowest BCUT2D eigenvalue weighted by molar-refractivity contribution is 0.0820. The first-order valence-corrected chi connectivity index (χ1v) is 7.48. The Kier molecular flexibility index (Phi) is 4.20. The smallest absolute Gasteiger partial charge is 0.204 e. The fourth-order valence-corrected chi connectivity index (χ4v) is 2.86. The van der Waals surface area contributed by atoms with Crippen molar-refractivity contribution in [3.63, 3.8) is 0 Å². The van der Waals surface area contributed by atoms with E-state index >= 15 is 0 Å². The van der Waals surface area contributed by atoms with Crippen LogP contribution in [0.25, 0.3) is 0 Å². The van der Waals surface area contributed by atoms with Crippen LogP contribution in [0.4, 0.5) is 0 Å². The summed E-state index contributed by atoms with van der Waals surface area (Å²) in [6.45, 7) is 0.176. The van der Waals surface area contributed by atoms with Gasteiger partial charge in [-0.2, -0.15) is 0 Å². The third kappa shape index (κ3) is 2.71. The number of carbonyl (C=O) groups is 1. The number of hydrogen-bond donors (Lipinski definition) is 2. The van der Waals surface area contributed by atoms with Gasteiger partial charge in [0, 0.05) is 6.07 Å². The molecule has 0 fully saturated rings. The predicted molar refractivity (Wildman–Crippen MR) is 86.3 cm³/mol. The lowest BCUT2D eigenvalue weighted by atomic mass is 9.89. The number of hydrogen-bond acceptors (Lipinski definition) is 6. The standard InChI is InChI=1S/C18H18O6/c1-22-14-8-13(20)15-16(21)11(9-24-18(15)17(14)23-2)7-10-3-5-12(19)6-4-10/h3-6,8,11,19-20H,7,9H2,1-2H3/t11-/m1/s1. The number of rotatable bonds is 4. The summed E-state index contributed by atoms with van der Waals surface area (Å²) in [5.74, 6) is 0.156. The fraction of sp³-hybridized carbons (Fsp3) is 0.278. The van der Waals surface area contributed by atoms with Gasteiger partial charge in [0.25, 0.3) is 0 Å². The molecule has 3 rings (SSSR count). The first-order chi connectivity index (χ1) is 11.5. The summed E-state index contributed by atoms with van der Waals surface area (Å²) in [7, 11) is 2.90. The van der Waals surface area contributed by atoms with Crippen LogP contribution in [0.1, 0.15) is 15.9 Å². The molecular formula is C18H18O6. The molecule has 2 aromatic rings. The van der Waals surface area contributed by atoms with Crippen LogP contribution < -0.4 is 14.2 Å². The molecule has 0 aromatic heterocycles. The van der Waals surface area contributed by atoms with E-state index in [1.807, 2.05) is 0 Å². The molecule has 24 heavy (non-hydrogen) atoms. The number of phenolic OH excluding ortho intramolecular Hbond substituents is 2. The molecule has 1 aliphatic heterocycles. The molecule has 6 nitrogen and oxygen atoms in total. The van der Waals surface area contributed by atoms with E-state index in [0.29, 0.717) is 17.9 Å². The Hall–Kier alpha value is -2.89. The Bertz CT molecular complexity index is 766. The SMILES string of the molecule is COc1cc(O)c2c(c1OC)OC[C@@H](Cc1ccc(O)cc1)C2=O. The Morgan fingerprint density at radius 1 is 1.17 bits per heavy atom. The van der Waals surface area contributed by atoms with Gasteiger partial charge >= 0.3 is 0 Å². The molecule has 0 aliphatic carbocycles. The molecule has 6 heteroatoms. The number of fused-ring (bicyclic) bond motifs is 1. The quantitative estimate of drug-likeness (QED) is 0.896. The van der Waals surface area contributed by atoms with Crippen LogP contribution in [-0.4, -0.2) is 36.8 Å². The predicted octanol–water partition coefficient (Wildman–Crippen LogP) is 2.55. The topological polar surface area (TPSA) is 85.2 Å². The molecule has 0 saturated heterocycles. The minimum atomic E-state index is -0.425. The number of benzene rings is 2. The van der Waals surface area contributed by atoms with Crippen molar-refractivity contribution in [3.8, 4) is 28.7 Å². The number of ether oxygens (including phenoxy) is 3. The van der Waals surface area contributed by atoms with Gasteiger partial charge in [0.05, 0.1) is 26.7 Å². The second-order valence-corrected chi connectivity index (χ2v) is 5.58. The van der Waals surface area contributed by atoms with Gasteiger partial charge < -0.3 is 24.4 Å². The average molecular weight is 330 g/mol. The Balaban J connectivity index is 1.94. The maximum atomic E-state index is 12.8. The molecule has 0 radical (unpaired) electrons. The van der Waals surface area contributed by atoms with Gasteiger partial charge in [-0.1, -0.05) is 12.1 Å². The third-order valence-corrected chi connectivity index (χ3v) is 4.07. The zero-order valence-corrected chi connectivity index (χ0v) is 13.4. The minimum absolute atomic E-state index is 0.114. The molecule has 2 N–H and O–H groups in total. The van der Waals surface area contributed by atoms with Gasteiger partial charge in [-0.05, 0) is 24.1 Å². The molecule has 0 spiro atoms. The van der Waals surface area contributed by atoms with Crippen LogP contribution >= 0.6 is 0 Å². The summed E-state index contributed by atoms with van der Waals surface area (Å²) >= 11 is 0. The van der Waals surface area contributed by atoms with E-state index in [9.17, 15) is 15.0 Å².